The molecule has 0 aromatic carbocycles. The quantitative estimate of drug-likeness (QED) is 0.279. The van der Waals surface area contributed by atoms with Gasteiger partial charge >= 0.3 is 24.2 Å². The van der Waals surface area contributed by atoms with E-state index < -0.39 is 37.6 Å². The Morgan fingerprint density at radius 2 is 1.48 bits per heavy atom. The molecule has 6 nitrogen and oxygen atoms in total. The predicted octanol–water partition coefficient (Wildman–Crippen LogP) is 3.46. The van der Waals surface area contributed by atoms with Crippen molar-refractivity contribution in [3.8, 4) is 0 Å². The Bertz CT molecular complexity index is 481. The van der Waals surface area contributed by atoms with Gasteiger partial charge in [0, 0.05) is 0 Å². The number of hydrogen-bond acceptors (Lipinski definition) is 6. The summed E-state index contributed by atoms with van der Waals surface area (Å²) in [7, 11) is 0. The lowest BCUT2D eigenvalue weighted by molar-refractivity contribution is -0.293. The molecule has 0 spiro atoms. The third-order valence-corrected chi connectivity index (χ3v) is 2.25. The maximum atomic E-state index is 12.5. The summed E-state index contributed by atoms with van der Waals surface area (Å²) in [6.07, 6.45) is -7.73. The van der Waals surface area contributed by atoms with Gasteiger partial charge in [-0.2, -0.15) is 22.0 Å². The highest BCUT2D eigenvalue weighted by Crippen LogP contribution is 2.35. The maximum absolute atomic E-state index is 12.5. The Balaban J connectivity index is 4.04. The highest BCUT2D eigenvalue weighted by atomic mass is 19.4. The molecule has 0 saturated heterocycles. The van der Waals surface area contributed by atoms with Crippen molar-refractivity contribution in [1.82, 2.24) is 0 Å². The SMILES string of the molecule is C=C(COCC(C)(C)C)C(=O)OCOC(=O)OCC(F)(F)C(F)(F)F. The highest BCUT2D eigenvalue weighted by Gasteiger charge is 2.58. The Labute approximate surface area is 140 Å². The van der Waals surface area contributed by atoms with E-state index >= 15 is 0 Å². The van der Waals surface area contributed by atoms with Gasteiger partial charge in [0.05, 0.1) is 18.8 Å². The molecule has 0 heterocycles. The van der Waals surface area contributed by atoms with E-state index in [2.05, 4.69) is 20.8 Å². The van der Waals surface area contributed by atoms with E-state index in [4.69, 9.17) is 4.74 Å². The van der Waals surface area contributed by atoms with E-state index in [0.29, 0.717) is 6.61 Å². The standard InChI is InChI=1S/C14H19F5O6/c1-9(5-22-6-12(2,3)4)10(20)24-8-25-11(21)23-7-13(15,16)14(17,18)19/h1,5-8H2,2-4H3. The fourth-order valence-corrected chi connectivity index (χ4v) is 1.05. The first kappa shape index (κ1) is 23.1. The van der Waals surface area contributed by atoms with Crippen LogP contribution < -0.4 is 0 Å². The van der Waals surface area contributed by atoms with Crippen LogP contribution in [0.15, 0.2) is 12.2 Å². The van der Waals surface area contributed by atoms with Gasteiger partial charge in [-0.05, 0) is 5.41 Å². The summed E-state index contributed by atoms with van der Waals surface area (Å²) in [5.41, 5.74) is -0.250. The van der Waals surface area contributed by atoms with Crippen molar-refractivity contribution in [2.75, 3.05) is 26.6 Å². The summed E-state index contributed by atoms with van der Waals surface area (Å²) in [6, 6.07) is 0. The predicted molar refractivity (Wildman–Crippen MR) is 73.8 cm³/mol. The molecule has 0 aliphatic heterocycles. The Morgan fingerprint density at radius 3 is 1.96 bits per heavy atom. The van der Waals surface area contributed by atoms with E-state index in [9.17, 15) is 31.5 Å². The molecule has 0 aromatic rings. The zero-order valence-corrected chi connectivity index (χ0v) is 13.9. The van der Waals surface area contributed by atoms with E-state index in [1.165, 1.54) is 0 Å². The van der Waals surface area contributed by atoms with Gasteiger partial charge in [0.1, 0.15) is 0 Å². The lowest BCUT2D eigenvalue weighted by atomic mass is 9.99. The van der Waals surface area contributed by atoms with Crippen LogP contribution in [0.5, 0.6) is 0 Å². The molecule has 0 fully saturated rings. The number of carbonyl (C=O) groups is 2. The van der Waals surface area contributed by atoms with Gasteiger partial charge in [0.15, 0.2) is 6.61 Å². The van der Waals surface area contributed by atoms with Gasteiger partial charge in [0.25, 0.3) is 0 Å². The lowest BCUT2D eigenvalue weighted by Crippen LogP contribution is -2.41. The van der Waals surface area contributed by atoms with Crippen LogP contribution in [0.1, 0.15) is 20.8 Å². The van der Waals surface area contributed by atoms with Crippen LogP contribution >= 0.6 is 0 Å². The van der Waals surface area contributed by atoms with Crippen molar-refractivity contribution >= 4 is 12.1 Å². The molecule has 0 bridgehead atoms. The summed E-state index contributed by atoms with van der Waals surface area (Å²) >= 11 is 0. The van der Waals surface area contributed by atoms with E-state index in [1.807, 2.05) is 20.8 Å². The molecule has 0 aliphatic carbocycles. The highest BCUT2D eigenvalue weighted by molar-refractivity contribution is 5.87. The zero-order valence-electron chi connectivity index (χ0n) is 13.9. The second kappa shape index (κ2) is 8.97. The summed E-state index contributed by atoms with van der Waals surface area (Å²) in [5, 5.41) is 0. The molecule has 0 N–H and O–H groups in total. The van der Waals surface area contributed by atoms with Crippen LogP contribution in [-0.4, -0.2) is 50.8 Å². The maximum Gasteiger partial charge on any atom is 0.511 e. The largest absolute Gasteiger partial charge is 0.511 e. The number of ether oxygens (including phenoxy) is 4. The van der Waals surface area contributed by atoms with Gasteiger partial charge in [-0.1, -0.05) is 27.4 Å². The van der Waals surface area contributed by atoms with Crippen LogP contribution in [0.2, 0.25) is 0 Å². The molecule has 146 valence electrons. The molecule has 0 aliphatic rings. The minimum Gasteiger partial charge on any atom is -0.427 e. The van der Waals surface area contributed by atoms with Crippen molar-refractivity contribution in [3.63, 3.8) is 0 Å². The molecule has 0 saturated carbocycles. The van der Waals surface area contributed by atoms with Crippen LogP contribution in [-0.2, 0) is 23.7 Å². The van der Waals surface area contributed by atoms with Gasteiger partial charge < -0.3 is 18.9 Å². The second-order valence-corrected chi connectivity index (χ2v) is 6.09. The number of halogens is 5. The summed E-state index contributed by atoms with van der Waals surface area (Å²) < 4.78 is 77.7. The number of esters is 1. The van der Waals surface area contributed by atoms with Gasteiger partial charge in [-0.3, -0.25) is 0 Å². The van der Waals surface area contributed by atoms with Gasteiger partial charge in [0.2, 0.25) is 6.79 Å². The molecule has 0 radical (unpaired) electrons. The molecular formula is C14H19F5O6. The van der Waals surface area contributed by atoms with E-state index in [0.717, 1.165) is 0 Å². The third kappa shape index (κ3) is 9.85. The number of alkyl halides is 5. The first-order chi connectivity index (χ1) is 11.2. The minimum atomic E-state index is -5.87. The summed E-state index contributed by atoms with van der Waals surface area (Å²) in [5.74, 6) is -6.22. The first-order valence-electron chi connectivity index (χ1n) is 6.82. The van der Waals surface area contributed by atoms with E-state index in [-0.39, 0.29) is 17.6 Å². The smallest absolute Gasteiger partial charge is 0.427 e. The fourth-order valence-electron chi connectivity index (χ4n) is 1.05. The van der Waals surface area contributed by atoms with Crippen molar-refractivity contribution < 1.29 is 50.5 Å². The number of rotatable bonds is 8. The summed E-state index contributed by atoms with van der Waals surface area (Å²) in [4.78, 5) is 22.3. The molecule has 0 unspecified atom stereocenters. The van der Waals surface area contributed by atoms with Crippen LogP contribution in [0.4, 0.5) is 26.7 Å². The molecule has 0 amide bonds. The molecule has 0 atom stereocenters. The second-order valence-electron chi connectivity index (χ2n) is 6.09. The van der Waals surface area contributed by atoms with Crippen LogP contribution in [0, 0.1) is 5.41 Å². The van der Waals surface area contributed by atoms with E-state index in [1.54, 1.807) is 0 Å². The summed E-state index contributed by atoms with van der Waals surface area (Å²) in [6.45, 7) is 5.94. The van der Waals surface area contributed by atoms with Gasteiger partial charge in [-0.15, -0.1) is 0 Å². The number of hydrogen-bond donors (Lipinski definition) is 0. The lowest BCUT2D eigenvalue weighted by Gasteiger charge is -2.19. The zero-order chi connectivity index (χ0) is 19.9. The first-order valence-corrected chi connectivity index (χ1v) is 6.82. The Morgan fingerprint density at radius 1 is 0.920 bits per heavy atom. The molecular weight excluding hydrogens is 359 g/mol. The van der Waals surface area contributed by atoms with Crippen molar-refractivity contribution in [1.29, 1.82) is 0 Å². The van der Waals surface area contributed by atoms with Crippen LogP contribution in [0.3, 0.4) is 0 Å². The Kier molecular flexibility index (Phi) is 8.29. The normalized spacial score (nSPS) is 12.5. The average Bonchev–Trinajstić information content (AvgIpc) is 2.42. The topological polar surface area (TPSA) is 71.1 Å². The fraction of sp³-hybridized carbons (Fsp3) is 0.714. The minimum absolute atomic E-state index is 0.107. The monoisotopic (exact) mass is 378 g/mol. The van der Waals surface area contributed by atoms with Crippen molar-refractivity contribution in [2.45, 2.75) is 32.9 Å². The molecule has 0 aromatic heterocycles. The van der Waals surface area contributed by atoms with Crippen molar-refractivity contribution in [3.05, 3.63) is 12.2 Å². The average molecular weight is 378 g/mol. The van der Waals surface area contributed by atoms with Crippen LogP contribution in [0.25, 0.3) is 0 Å². The molecule has 25 heavy (non-hydrogen) atoms. The van der Waals surface area contributed by atoms with Gasteiger partial charge in [-0.25, -0.2) is 9.59 Å². The van der Waals surface area contributed by atoms with Crippen molar-refractivity contribution in [2.24, 2.45) is 5.41 Å². The Hall–Kier alpha value is -1.91. The molecule has 0 rings (SSSR count). The number of carbonyl (C=O) groups excluding carboxylic acids is 2. The molecule has 11 heteroatoms. The third-order valence-electron chi connectivity index (χ3n) is 2.25.